The smallest absolute Gasteiger partial charge is 0.304 e. The van der Waals surface area contributed by atoms with Crippen LogP contribution in [0.4, 0.5) is 0 Å². The molecular weight excluding hydrogens is 246 g/mol. The van der Waals surface area contributed by atoms with Crippen molar-refractivity contribution in [3.8, 4) is 0 Å². The molecule has 2 unspecified atom stereocenters. The second-order valence-corrected chi connectivity index (χ2v) is 6.30. The third kappa shape index (κ3) is 2.39. The third-order valence-corrected chi connectivity index (χ3v) is 5.02. The van der Waals surface area contributed by atoms with E-state index in [1.165, 1.54) is 37.0 Å². The first-order valence-corrected chi connectivity index (χ1v) is 7.80. The Balaban J connectivity index is 1.66. The summed E-state index contributed by atoms with van der Waals surface area (Å²) >= 11 is 1.27. The van der Waals surface area contributed by atoms with Gasteiger partial charge in [-0.25, -0.2) is 0 Å². The van der Waals surface area contributed by atoms with Crippen LogP contribution in [0.25, 0.3) is 0 Å². The number of hydrogen-bond donors (Lipinski definition) is 2. The molecule has 0 aromatic carbocycles. The molecule has 0 amide bonds. The molecule has 2 atom stereocenters. The van der Waals surface area contributed by atoms with Crippen LogP contribution < -0.4 is 10.2 Å². The number of aromatic nitrogens is 1. The van der Waals surface area contributed by atoms with Gasteiger partial charge in [0.05, 0.1) is 0 Å². The van der Waals surface area contributed by atoms with E-state index >= 15 is 0 Å². The molecule has 0 radical (unpaired) electrons. The maximum atomic E-state index is 11.2. The number of thiazole rings is 1. The minimum atomic E-state index is 0.0693. The van der Waals surface area contributed by atoms with Gasteiger partial charge in [-0.1, -0.05) is 18.3 Å². The molecule has 2 bridgehead atoms. The van der Waals surface area contributed by atoms with E-state index in [1.54, 1.807) is 0 Å². The highest BCUT2D eigenvalue weighted by atomic mass is 32.1. The van der Waals surface area contributed by atoms with Crippen LogP contribution >= 0.6 is 11.3 Å². The molecule has 5 heteroatoms. The summed E-state index contributed by atoms with van der Waals surface area (Å²) in [6.07, 6.45) is 5.17. The molecule has 0 saturated carbocycles. The third-order valence-electron chi connectivity index (χ3n) is 4.30. The SMILES string of the molecule is CCNC1CC2CCC(C1)N2Cc1csc(=O)[nH]1. The molecule has 4 nitrogen and oxygen atoms in total. The lowest BCUT2D eigenvalue weighted by molar-refractivity contribution is 0.108. The molecule has 18 heavy (non-hydrogen) atoms. The Morgan fingerprint density at radius 2 is 2.17 bits per heavy atom. The Morgan fingerprint density at radius 3 is 2.72 bits per heavy atom. The maximum Gasteiger partial charge on any atom is 0.304 e. The lowest BCUT2D eigenvalue weighted by atomic mass is 9.97. The molecule has 3 rings (SSSR count). The van der Waals surface area contributed by atoms with Gasteiger partial charge in [-0.15, -0.1) is 0 Å². The topological polar surface area (TPSA) is 48.1 Å². The van der Waals surface area contributed by atoms with Crippen LogP contribution in [0.2, 0.25) is 0 Å². The van der Waals surface area contributed by atoms with E-state index in [9.17, 15) is 4.79 Å². The Labute approximate surface area is 111 Å². The van der Waals surface area contributed by atoms with Crippen LogP contribution in [-0.4, -0.2) is 34.6 Å². The number of hydrogen-bond acceptors (Lipinski definition) is 4. The second-order valence-electron chi connectivity index (χ2n) is 5.46. The number of nitrogens with zero attached hydrogens (tertiary/aromatic N) is 1. The zero-order valence-corrected chi connectivity index (χ0v) is 11.6. The van der Waals surface area contributed by atoms with Crippen molar-refractivity contribution in [3.05, 3.63) is 20.7 Å². The van der Waals surface area contributed by atoms with Crippen molar-refractivity contribution in [3.63, 3.8) is 0 Å². The summed E-state index contributed by atoms with van der Waals surface area (Å²) in [5.41, 5.74) is 1.09. The monoisotopic (exact) mass is 267 g/mol. The fourth-order valence-electron chi connectivity index (χ4n) is 3.58. The largest absolute Gasteiger partial charge is 0.315 e. The molecule has 2 aliphatic heterocycles. The van der Waals surface area contributed by atoms with Gasteiger partial charge in [-0.2, -0.15) is 0 Å². The number of nitrogens with one attached hydrogen (secondary N) is 2. The molecular formula is C13H21N3OS. The van der Waals surface area contributed by atoms with Crippen molar-refractivity contribution in [1.29, 1.82) is 0 Å². The van der Waals surface area contributed by atoms with Crippen LogP contribution in [0.5, 0.6) is 0 Å². The zero-order valence-electron chi connectivity index (χ0n) is 10.8. The first kappa shape index (κ1) is 12.4. The number of aromatic amines is 1. The van der Waals surface area contributed by atoms with Gasteiger partial charge in [0.2, 0.25) is 0 Å². The van der Waals surface area contributed by atoms with E-state index in [0.717, 1.165) is 18.8 Å². The van der Waals surface area contributed by atoms with Crippen molar-refractivity contribution < 1.29 is 0 Å². The molecule has 0 aliphatic carbocycles. The van der Waals surface area contributed by atoms with Gasteiger partial charge < -0.3 is 10.3 Å². The van der Waals surface area contributed by atoms with E-state index in [4.69, 9.17) is 0 Å². The highest BCUT2D eigenvalue weighted by molar-refractivity contribution is 7.07. The highest BCUT2D eigenvalue weighted by Gasteiger charge is 2.40. The molecule has 0 spiro atoms. The Bertz CT molecular complexity index is 441. The van der Waals surface area contributed by atoms with Gasteiger partial charge in [0.25, 0.3) is 0 Å². The fraction of sp³-hybridized carbons (Fsp3) is 0.769. The van der Waals surface area contributed by atoms with Crippen molar-refractivity contribution in [2.24, 2.45) is 0 Å². The Morgan fingerprint density at radius 1 is 1.44 bits per heavy atom. The summed E-state index contributed by atoms with van der Waals surface area (Å²) < 4.78 is 0. The van der Waals surface area contributed by atoms with Crippen LogP contribution in [0, 0.1) is 0 Å². The summed E-state index contributed by atoms with van der Waals surface area (Å²) in [4.78, 5) is 16.8. The van der Waals surface area contributed by atoms with E-state index in [-0.39, 0.29) is 4.87 Å². The van der Waals surface area contributed by atoms with Gasteiger partial charge in [0, 0.05) is 35.7 Å². The molecule has 3 heterocycles. The van der Waals surface area contributed by atoms with Gasteiger partial charge in [0.1, 0.15) is 0 Å². The summed E-state index contributed by atoms with van der Waals surface area (Å²) in [5, 5.41) is 5.56. The second kappa shape index (κ2) is 5.15. The van der Waals surface area contributed by atoms with Gasteiger partial charge in [0.15, 0.2) is 0 Å². The van der Waals surface area contributed by atoms with Crippen molar-refractivity contribution in [2.45, 2.75) is 57.3 Å². The van der Waals surface area contributed by atoms with E-state index < -0.39 is 0 Å². The van der Waals surface area contributed by atoms with Gasteiger partial charge in [-0.3, -0.25) is 9.69 Å². The summed E-state index contributed by atoms with van der Waals surface area (Å²) in [5.74, 6) is 0. The minimum absolute atomic E-state index is 0.0693. The van der Waals surface area contributed by atoms with E-state index in [2.05, 4.69) is 22.1 Å². The molecule has 100 valence electrons. The zero-order chi connectivity index (χ0) is 12.5. The molecule has 1 aromatic rings. The predicted molar refractivity (Wildman–Crippen MR) is 74.0 cm³/mol. The standard InChI is InChI=1S/C13H21N3OS/c1-2-14-9-5-11-3-4-12(6-9)16(11)7-10-8-18-13(17)15-10/h8-9,11-12,14H,2-7H2,1H3,(H,15,17). The molecule has 1 aromatic heterocycles. The van der Waals surface area contributed by atoms with Gasteiger partial charge >= 0.3 is 4.87 Å². The lowest BCUT2D eigenvalue weighted by Crippen LogP contribution is -2.48. The average molecular weight is 267 g/mol. The molecule has 2 fully saturated rings. The van der Waals surface area contributed by atoms with Crippen molar-refractivity contribution in [1.82, 2.24) is 15.2 Å². The van der Waals surface area contributed by atoms with Crippen LogP contribution in [-0.2, 0) is 6.54 Å². The first-order valence-electron chi connectivity index (χ1n) is 6.92. The molecule has 2 saturated heterocycles. The maximum absolute atomic E-state index is 11.2. The number of piperidine rings is 1. The number of fused-ring (bicyclic) bond motifs is 2. The minimum Gasteiger partial charge on any atom is -0.315 e. The number of H-pyrrole nitrogens is 1. The average Bonchev–Trinajstić information content (AvgIpc) is 2.83. The van der Waals surface area contributed by atoms with E-state index in [1.807, 2.05) is 5.38 Å². The highest BCUT2D eigenvalue weighted by Crippen LogP contribution is 2.36. The Kier molecular flexibility index (Phi) is 3.54. The molecule has 2 aliphatic rings. The Hall–Kier alpha value is -0.650. The summed E-state index contributed by atoms with van der Waals surface area (Å²) in [6, 6.07) is 2.11. The van der Waals surface area contributed by atoms with Crippen molar-refractivity contribution in [2.75, 3.05) is 6.54 Å². The quantitative estimate of drug-likeness (QED) is 0.870. The predicted octanol–water partition coefficient (Wildman–Crippen LogP) is 1.54. The van der Waals surface area contributed by atoms with Crippen molar-refractivity contribution >= 4 is 11.3 Å². The van der Waals surface area contributed by atoms with E-state index in [0.29, 0.717) is 18.1 Å². The fourth-order valence-corrected chi connectivity index (χ4v) is 4.15. The lowest BCUT2D eigenvalue weighted by Gasteiger charge is -2.39. The van der Waals surface area contributed by atoms with Crippen LogP contribution in [0.3, 0.4) is 0 Å². The number of rotatable bonds is 4. The normalized spacial score (nSPS) is 31.9. The summed E-state index contributed by atoms with van der Waals surface area (Å²) in [6.45, 7) is 4.18. The first-order chi connectivity index (χ1) is 8.76. The summed E-state index contributed by atoms with van der Waals surface area (Å²) in [7, 11) is 0. The van der Waals surface area contributed by atoms with Crippen LogP contribution in [0.15, 0.2) is 10.2 Å². The van der Waals surface area contributed by atoms with Gasteiger partial charge in [-0.05, 0) is 32.2 Å². The molecule has 2 N–H and O–H groups in total. The van der Waals surface area contributed by atoms with Crippen LogP contribution in [0.1, 0.15) is 38.3 Å².